The van der Waals surface area contributed by atoms with Gasteiger partial charge in [0.05, 0.1) is 19.6 Å². The lowest BCUT2D eigenvalue weighted by Crippen LogP contribution is -2.10. The van der Waals surface area contributed by atoms with Gasteiger partial charge in [0.15, 0.2) is 22.3 Å². The first-order valence-electron chi connectivity index (χ1n) is 6.82. The first kappa shape index (κ1) is 15.4. The summed E-state index contributed by atoms with van der Waals surface area (Å²) in [6.45, 7) is 0. The number of nitrogens with one attached hydrogen (secondary N) is 1. The number of aromatic amines is 1. The zero-order valence-corrected chi connectivity index (χ0v) is 13.7. The number of H-pyrrole nitrogens is 1. The van der Waals surface area contributed by atoms with Gasteiger partial charge in [-0.25, -0.2) is 9.97 Å². The van der Waals surface area contributed by atoms with Gasteiger partial charge in [-0.3, -0.25) is 4.79 Å². The van der Waals surface area contributed by atoms with E-state index in [1.165, 1.54) is 11.8 Å². The Hall–Kier alpha value is -2.54. The number of benzene rings is 1. The van der Waals surface area contributed by atoms with Crippen LogP contribution >= 0.6 is 11.8 Å². The number of hydrogen-bond acceptors (Lipinski definition) is 6. The van der Waals surface area contributed by atoms with Gasteiger partial charge in [0.1, 0.15) is 0 Å². The van der Waals surface area contributed by atoms with E-state index in [1.54, 1.807) is 26.5 Å². The van der Waals surface area contributed by atoms with Crippen molar-refractivity contribution in [2.45, 2.75) is 5.16 Å². The number of ether oxygens (including phenoxy) is 2. The second-order valence-corrected chi connectivity index (χ2v) is 5.54. The van der Waals surface area contributed by atoms with Gasteiger partial charge in [0, 0.05) is 11.8 Å². The quantitative estimate of drug-likeness (QED) is 0.586. The van der Waals surface area contributed by atoms with E-state index in [0.29, 0.717) is 27.7 Å². The van der Waals surface area contributed by atoms with E-state index in [0.717, 1.165) is 11.1 Å². The molecule has 0 amide bonds. The molecule has 0 bridgehead atoms. The predicted octanol–water partition coefficient (Wildman–Crippen LogP) is 2.72. The van der Waals surface area contributed by atoms with E-state index in [4.69, 9.17) is 9.47 Å². The summed E-state index contributed by atoms with van der Waals surface area (Å²) in [5.41, 5.74) is 1.92. The Labute approximate surface area is 136 Å². The van der Waals surface area contributed by atoms with Crippen molar-refractivity contribution in [3.05, 3.63) is 40.8 Å². The number of rotatable bonds is 4. The lowest BCUT2D eigenvalue weighted by molar-refractivity contribution is 0.355. The normalized spacial score (nSPS) is 10.7. The van der Waals surface area contributed by atoms with E-state index in [9.17, 15) is 4.79 Å². The second-order valence-electron chi connectivity index (χ2n) is 4.74. The Bertz CT molecular complexity index is 924. The van der Waals surface area contributed by atoms with E-state index >= 15 is 0 Å². The second kappa shape index (κ2) is 6.29. The van der Waals surface area contributed by atoms with Crippen LogP contribution in [0.3, 0.4) is 0 Å². The average Bonchev–Trinajstić information content (AvgIpc) is 2.60. The molecule has 3 aromatic rings. The molecule has 0 spiro atoms. The maximum Gasteiger partial charge on any atom is 0.261 e. The van der Waals surface area contributed by atoms with Crippen LogP contribution in [0.4, 0.5) is 0 Å². The molecule has 0 saturated heterocycles. The predicted molar refractivity (Wildman–Crippen MR) is 90.5 cm³/mol. The van der Waals surface area contributed by atoms with Crippen LogP contribution in [0.1, 0.15) is 0 Å². The Kier molecular flexibility index (Phi) is 4.20. The number of aromatic nitrogens is 3. The SMILES string of the molecule is COc1ccc(-c2cnc3nc(SC)[nH]c(=O)c3c2)cc1OC. The summed E-state index contributed by atoms with van der Waals surface area (Å²) < 4.78 is 10.5. The smallest absolute Gasteiger partial charge is 0.261 e. The van der Waals surface area contributed by atoms with Gasteiger partial charge in [-0.05, 0) is 30.0 Å². The highest BCUT2D eigenvalue weighted by molar-refractivity contribution is 7.98. The van der Waals surface area contributed by atoms with Gasteiger partial charge in [-0.1, -0.05) is 17.8 Å². The van der Waals surface area contributed by atoms with Gasteiger partial charge < -0.3 is 14.5 Å². The first-order valence-corrected chi connectivity index (χ1v) is 8.05. The minimum absolute atomic E-state index is 0.200. The van der Waals surface area contributed by atoms with Crippen LogP contribution < -0.4 is 15.0 Å². The molecule has 0 unspecified atom stereocenters. The minimum atomic E-state index is -0.200. The molecule has 2 aromatic heterocycles. The highest BCUT2D eigenvalue weighted by Gasteiger charge is 2.10. The number of thioether (sulfide) groups is 1. The van der Waals surface area contributed by atoms with Crippen molar-refractivity contribution >= 4 is 22.8 Å². The maximum absolute atomic E-state index is 12.2. The summed E-state index contributed by atoms with van der Waals surface area (Å²) in [6, 6.07) is 7.33. The topological polar surface area (TPSA) is 77.1 Å². The largest absolute Gasteiger partial charge is 0.493 e. The third kappa shape index (κ3) is 2.87. The van der Waals surface area contributed by atoms with Gasteiger partial charge in [0.2, 0.25) is 0 Å². The van der Waals surface area contributed by atoms with Crippen LogP contribution in [0.25, 0.3) is 22.2 Å². The maximum atomic E-state index is 12.2. The standard InChI is InChI=1S/C16H15N3O3S/c1-21-12-5-4-9(7-13(12)22-2)10-6-11-14(17-8-10)18-16(23-3)19-15(11)20/h4-8H,1-3H3,(H,17,18,19,20). The fourth-order valence-electron chi connectivity index (χ4n) is 2.27. The van der Waals surface area contributed by atoms with E-state index in [-0.39, 0.29) is 5.56 Å². The lowest BCUT2D eigenvalue weighted by Gasteiger charge is -2.10. The Morgan fingerprint density at radius 3 is 2.57 bits per heavy atom. The Balaban J connectivity index is 2.14. The van der Waals surface area contributed by atoms with Crippen molar-refractivity contribution in [2.24, 2.45) is 0 Å². The summed E-state index contributed by atoms with van der Waals surface area (Å²) >= 11 is 1.37. The molecule has 0 aliphatic carbocycles. The van der Waals surface area contributed by atoms with Crippen LogP contribution in [0.15, 0.2) is 40.4 Å². The minimum Gasteiger partial charge on any atom is -0.493 e. The average molecular weight is 329 g/mol. The van der Waals surface area contributed by atoms with Crippen LogP contribution in [0, 0.1) is 0 Å². The molecule has 6 nitrogen and oxygen atoms in total. The summed E-state index contributed by atoms with van der Waals surface area (Å²) in [4.78, 5) is 23.5. The van der Waals surface area contributed by atoms with Crippen molar-refractivity contribution < 1.29 is 9.47 Å². The Morgan fingerprint density at radius 1 is 1.09 bits per heavy atom. The van der Waals surface area contributed by atoms with Crippen molar-refractivity contribution in [3.63, 3.8) is 0 Å². The molecular weight excluding hydrogens is 314 g/mol. The van der Waals surface area contributed by atoms with Gasteiger partial charge in [-0.2, -0.15) is 0 Å². The molecule has 0 aliphatic rings. The third-order valence-corrected chi connectivity index (χ3v) is 4.03. The zero-order chi connectivity index (χ0) is 16.4. The zero-order valence-electron chi connectivity index (χ0n) is 12.9. The van der Waals surface area contributed by atoms with Crippen LogP contribution in [-0.4, -0.2) is 35.4 Å². The van der Waals surface area contributed by atoms with Crippen LogP contribution in [0.2, 0.25) is 0 Å². The molecule has 23 heavy (non-hydrogen) atoms. The highest BCUT2D eigenvalue weighted by Crippen LogP contribution is 2.32. The molecule has 1 N–H and O–H groups in total. The molecule has 118 valence electrons. The number of hydrogen-bond donors (Lipinski definition) is 1. The number of fused-ring (bicyclic) bond motifs is 1. The summed E-state index contributed by atoms with van der Waals surface area (Å²) in [5.74, 6) is 1.27. The monoisotopic (exact) mass is 329 g/mol. The van der Waals surface area contributed by atoms with Crippen molar-refractivity contribution in [2.75, 3.05) is 20.5 Å². The lowest BCUT2D eigenvalue weighted by atomic mass is 10.1. The molecule has 0 saturated carbocycles. The first-order chi connectivity index (χ1) is 11.2. The fraction of sp³-hybridized carbons (Fsp3) is 0.188. The molecule has 0 atom stereocenters. The van der Waals surface area contributed by atoms with E-state index in [1.807, 2.05) is 24.5 Å². The van der Waals surface area contributed by atoms with Crippen molar-refractivity contribution in [1.29, 1.82) is 0 Å². The molecule has 2 heterocycles. The molecule has 1 aromatic carbocycles. The molecule has 0 radical (unpaired) electrons. The van der Waals surface area contributed by atoms with Crippen molar-refractivity contribution in [3.8, 4) is 22.6 Å². The fourth-order valence-corrected chi connectivity index (χ4v) is 2.65. The summed E-state index contributed by atoms with van der Waals surface area (Å²) in [6.07, 6.45) is 3.54. The van der Waals surface area contributed by atoms with Gasteiger partial charge in [-0.15, -0.1) is 0 Å². The number of methoxy groups -OCH3 is 2. The van der Waals surface area contributed by atoms with E-state index in [2.05, 4.69) is 15.0 Å². The van der Waals surface area contributed by atoms with Crippen LogP contribution in [-0.2, 0) is 0 Å². The van der Waals surface area contributed by atoms with E-state index < -0.39 is 0 Å². The molecular formula is C16H15N3O3S. The molecule has 3 rings (SSSR count). The number of pyridine rings is 1. The molecule has 0 aliphatic heterocycles. The van der Waals surface area contributed by atoms with Gasteiger partial charge in [0.25, 0.3) is 5.56 Å². The van der Waals surface area contributed by atoms with Crippen LogP contribution in [0.5, 0.6) is 11.5 Å². The summed E-state index contributed by atoms with van der Waals surface area (Å²) in [5, 5.41) is 1.00. The third-order valence-electron chi connectivity index (χ3n) is 3.45. The Morgan fingerprint density at radius 2 is 1.87 bits per heavy atom. The molecule has 0 fully saturated rings. The summed E-state index contributed by atoms with van der Waals surface area (Å²) in [7, 11) is 3.17. The number of nitrogens with zero attached hydrogens (tertiary/aromatic N) is 2. The van der Waals surface area contributed by atoms with Crippen molar-refractivity contribution in [1.82, 2.24) is 15.0 Å². The molecule has 7 heteroatoms. The highest BCUT2D eigenvalue weighted by atomic mass is 32.2. The van der Waals surface area contributed by atoms with Gasteiger partial charge >= 0.3 is 0 Å².